The summed E-state index contributed by atoms with van der Waals surface area (Å²) in [7, 11) is 0. The van der Waals surface area contributed by atoms with Crippen molar-refractivity contribution >= 4 is 15.9 Å². The van der Waals surface area contributed by atoms with Crippen molar-refractivity contribution in [2.24, 2.45) is 11.7 Å². The minimum atomic E-state index is 0.155. The van der Waals surface area contributed by atoms with Gasteiger partial charge in [-0.3, -0.25) is 0 Å². The van der Waals surface area contributed by atoms with Crippen LogP contribution in [0.1, 0.15) is 11.1 Å². The predicted octanol–water partition coefficient (Wildman–Crippen LogP) is 1.87. The Kier molecular flexibility index (Phi) is 4.58. The van der Waals surface area contributed by atoms with Crippen LogP contribution in [-0.4, -0.2) is 18.3 Å². The highest BCUT2D eigenvalue weighted by atomic mass is 79.9. The molecule has 0 unspecified atom stereocenters. The van der Waals surface area contributed by atoms with Gasteiger partial charge >= 0.3 is 0 Å². The summed E-state index contributed by atoms with van der Waals surface area (Å²) in [6.45, 7) is 2.76. The number of nitrogens with two attached hydrogens (primary N) is 1. The van der Waals surface area contributed by atoms with E-state index in [1.54, 1.807) is 0 Å². The quantitative estimate of drug-likeness (QED) is 0.866. The molecule has 2 nitrogen and oxygen atoms in total. The molecule has 78 valence electrons. The molecule has 0 saturated heterocycles. The van der Waals surface area contributed by atoms with Gasteiger partial charge in [0.2, 0.25) is 0 Å². The van der Waals surface area contributed by atoms with Gasteiger partial charge in [0.25, 0.3) is 0 Å². The third-order valence-electron chi connectivity index (χ3n) is 2.48. The third kappa shape index (κ3) is 2.80. The molecule has 0 bridgehead atoms. The minimum Gasteiger partial charge on any atom is -0.396 e. The minimum absolute atomic E-state index is 0.155. The number of benzene rings is 1. The van der Waals surface area contributed by atoms with E-state index in [2.05, 4.69) is 28.9 Å². The Labute approximate surface area is 93.3 Å². The number of hydrogen-bond acceptors (Lipinski definition) is 2. The van der Waals surface area contributed by atoms with Crippen LogP contribution in [0.4, 0.5) is 0 Å². The van der Waals surface area contributed by atoms with Gasteiger partial charge in [-0.25, -0.2) is 0 Å². The Bertz CT molecular complexity index is 297. The summed E-state index contributed by atoms with van der Waals surface area (Å²) in [5, 5.41) is 9.06. The molecule has 0 heterocycles. The molecule has 0 amide bonds. The van der Waals surface area contributed by atoms with E-state index in [-0.39, 0.29) is 12.5 Å². The van der Waals surface area contributed by atoms with Crippen LogP contribution in [-0.2, 0) is 6.42 Å². The molecule has 1 aromatic rings. The van der Waals surface area contributed by atoms with Crippen molar-refractivity contribution in [3.63, 3.8) is 0 Å². The second-order valence-corrected chi connectivity index (χ2v) is 4.37. The van der Waals surface area contributed by atoms with Crippen LogP contribution in [0.15, 0.2) is 22.7 Å². The van der Waals surface area contributed by atoms with E-state index in [4.69, 9.17) is 10.8 Å². The van der Waals surface area contributed by atoms with Crippen molar-refractivity contribution in [2.75, 3.05) is 13.2 Å². The van der Waals surface area contributed by atoms with Crippen molar-refractivity contribution in [1.82, 2.24) is 0 Å². The summed E-state index contributed by atoms with van der Waals surface area (Å²) < 4.78 is 1.11. The summed E-state index contributed by atoms with van der Waals surface area (Å²) in [5.74, 6) is 0.169. The lowest BCUT2D eigenvalue weighted by Gasteiger charge is -2.13. The molecule has 1 atom stereocenters. The van der Waals surface area contributed by atoms with E-state index in [0.717, 1.165) is 10.9 Å². The molecule has 0 aliphatic rings. The van der Waals surface area contributed by atoms with E-state index >= 15 is 0 Å². The maximum absolute atomic E-state index is 9.06. The van der Waals surface area contributed by atoms with E-state index in [1.165, 1.54) is 11.1 Å². The monoisotopic (exact) mass is 257 g/mol. The Morgan fingerprint density at radius 2 is 2.21 bits per heavy atom. The zero-order valence-electron chi connectivity index (χ0n) is 8.33. The zero-order chi connectivity index (χ0) is 10.6. The molecule has 0 aliphatic heterocycles. The normalized spacial score (nSPS) is 12.9. The first-order chi connectivity index (χ1) is 6.69. The van der Waals surface area contributed by atoms with Gasteiger partial charge in [-0.05, 0) is 43.0 Å². The number of hydrogen-bond donors (Lipinski definition) is 2. The molecule has 1 aromatic carbocycles. The molecule has 3 heteroatoms. The zero-order valence-corrected chi connectivity index (χ0v) is 9.92. The molecule has 0 spiro atoms. The number of aliphatic hydroxyl groups excluding tert-OH is 1. The van der Waals surface area contributed by atoms with Gasteiger partial charge in [-0.1, -0.05) is 28.1 Å². The fraction of sp³-hybridized carbons (Fsp3) is 0.455. The Balaban J connectivity index is 2.80. The Hall–Kier alpha value is -0.380. The average molecular weight is 258 g/mol. The van der Waals surface area contributed by atoms with Crippen molar-refractivity contribution in [1.29, 1.82) is 0 Å². The van der Waals surface area contributed by atoms with E-state index < -0.39 is 0 Å². The second kappa shape index (κ2) is 5.49. The van der Waals surface area contributed by atoms with Crippen molar-refractivity contribution in [3.8, 4) is 0 Å². The Morgan fingerprint density at radius 1 is 1.50 bits per heavy atom. The fourth-order valence-electron chi connectivity index (χ4n) is 1.41. The molecule has 0 saturated carbocycles. The van der Waals surface area contributed by atoms with Gasteiger partial charge in [0.1, 0.15) is 0 Å². The molecule has 0 aromatic heterocycles. The number of halogens is 1. The van der Waals surface area contributed by atoms with Gasteiger partial charge in [0, 0.05) is 11.1 Å². The molecule has 3 N–H and O–H groups in total. The van der Waals surface area contributed by atoms with Crippen LogP contribution in [0.5, 0.6) is 0 Å². The molecule has 14 heavy (non-hydrogen) atoms. The van der Waals surface area contributed by atoms with Crippen LogP contribution in [0, 0.1) is 12.8 Å². The average Bonchev–Trinajstić information content (AvgIpc) is 2.20. The first-order valence-electron chi connectivity index (χ1n) is 4.74. The van der Waals surface area contributed by atoms with E-state index in [9.17, 15) is 0 Å². The second-order valence-electron chi connectivity index (χ2n) is 3.51. The fourth-order valence-corrected chi connectivity index (χ4v) is 1.81. The van der Waals surface area contributed by atoms with Crippen molar-refractivity contribution < 1.29 is 5.11 Å². The molecule has 0 fully saturated rings. The van der Waals surface area contributed by atoms with Crippen LogP contribution in [0.2, 0.25) is 0 Å². The van der Waals surface area contributed by atoms with Gasteiger partial charge in [-0.2, -0.15) is 0 Å². The summed E-state index contributed by atoms with van der Waals surface area (Å²) >= 11 is 3.49. The van der Waals surface area contributed by atoms with Crippen molar-refractivity contribution in [2.45, 2.75) is 13.3 Å². The first kappa shape index (κ1) is 11.7. The lowest BCUT2D eigenvalue weighted by Crippen LogP contribution is -2.20. The van der Waals surface area contributed by atoms with Gasteiger partial charge in [0.15, 0.2) is 0 Å². The highest BCUT2D eigenvalue weighted by Gasteiger charge is 2.09. The molecule has 0 radical (unpaired) electrons. The van der Waals surface area contributed by atoms with E-state index in [0.29, 0.717) is 6.54 Å². The lowest BCUT2D eigenvalue weighted by atomic mass is 9.97. The van der Waals surface area contributed by atoms with Crippen LogP contribution < -0.4 is 5.73 Å². The number of aliphatic hydroxyl groups is 1. The topological polar surface area (TPSA) is 46.2 Å². The Morgan fingerprint density at radius 3 is 2.79 bits per heavy atom. The maximum atomic E-state index is 9.06. The van der Waals surface area contributed by atoms with Crippen molar-refractivity contribution in [3.05, 3.63) is 33.8 Å². The molecule has 0 aliphatic carbocycles. The van der Waals surface area contributed by atoms with Crippen LogP contribution in [0.3, 0.4) is 0 Å². The van der Waals surface area contributed by atoms with E-state index in [1.807, 2.05) is 12.1 Å². The lowest BCUT2D eigenvalue weighted by molar-refractivity contribution is 0.229. The number of rotatable bonds is 4. The molecular formula is C11H16BrNO. The van der Waals surface area contributed by atoms with Gasteiger partial charge in [-0.15, -0.1) is 0 Å². The summed E-state index contributed by atoms with van der Waals surface area (Å²) in [6.07, 6.45) is 0.846. The molecule has 1 rings (SSSR count). The maximum Gasteiger partial charge on any atom is 0.0474 e. The summed E-state index contributed by atoms with van der Waals surface area (Å²) in [6, 6.07) is 6.12. The van der Waals surface area contributed by atoms with Crippen LogP contribution >= 0.6 is 15.9 Å². The SMILES string of the molecule is Cc1c(Br)cccc1C[C@H](CN)CO. The van der Waals surface area contributed by atoms with Gasteiger partial charge in [0.05, 0.1) is 0 Å². The summed E-state index contributed by atoms with van der Waals surface area (Å²) in [4.78, 5) is 0. The first-order valence-corrected chi connectivity index (χ1v) is 5.53. The highest BCUT2D eigenvalue weighted by Crippen LogP contribution is 2.21. The van der Waals surface area contributed by atoms with Gasteiger partial charge < -0.3 is 10.8 Å². The smallest absolute Gasteiger partial charge is 0.0474 e. The largest absolute Gasteiger partial charge is 0.396 e. The molecular weight excluding hydrogens is 242 g/mol. The van der Waals surface area contributed by atoms with Crippen LogP contribution in [0.25, 0.3) is 0 Å². The third-order valence-corrected chi connectivity index (χ3v) is 3.34. The highest BCUT2D eigenvalue weighted by molar-refractivity contribution is 9.10. The summed E-state index contributed by atoms with van der Waals surface area (Å²) in [5.41, 5.74) is 8.04. The standard InChI is InChI=1S/C11H16BrNO/c1-8-10(3-2-4-11(8)12)5-9(6-13)7-14/h2-4,9,14H,5-7,13H2,1H3/t9-/m1/s1. The predicted molar refractivity (Wildman–Crippen MR) is 62.2 cm³/mol.